The third kappa shape index (κ3) is 3.70. The van der Waals surface area contributed by atoms with Crippen LogP contribution in [0.5, 0.6) is 0 Å². The minimum atomic E-state index is -0.346. The molecule has 0 aliphatic rings. The van der Waals surface area contributed by atoms with E-state index >= 15 is 0 Å². The second-order valence-corrected chi connectivity index (χ2v) is 5.12. The van der Waals surface area contributed by atoms with Crippen LogP contribution in [0.1, 0.15) is 10.5 Å². The van der Waals surface area contributed by atoms with E-state index in [0.29, 0.717) is 13.1 Å². The topological polar surface area (TPSA) is 85.6 Å². The van der Waals surface area contributed by atoms with Crippen LogP contribution in [-0.4, -0.2) is 37.4 Å². The molecule has 1 aromatic carbocycles. The molecule has 7 nitrogen and oxygen atoms in total. The zero-order chi connectivity index (χ0) is 16.1. The molecule has 23 heavy (non-hydrogen) atoms. The molecule has 0 atom stereocenters. The van der Waals surface area contributed by atoms with E-state index in [1.165, 1.54) is 12.5 Å². The lowest BCUT2D eigenvalue weighted by atomic mass is 10.2. The van der Waals surface area contributed by atoms with Crippen LogP contribution in [0, 0.1) is 0 Å². The minimum Gasteiger partial charge on any atom is -0.349 e. The summed E-state index contributed by atoms with van der Waals surface area (Å²) >= 11 is 5.87. The number of benzene rings is 1. The van der Waals surface area contributed by atoms with Crippen LogP contribution in [0.3, 0.4) is 0 Å². The Morgan fingerprint density at radius 1 is 1.26 bits per heavy atom. The third-order valence-electron chi connectivity index (χ3n) is 3.12. The molecule has 0 aliphatic heterocycles. The molecule has 3 rings (SSSR count). The van der Waals surface area contributed by atoms with Crippen molar-refractivity contribution in [3.8, 4) is 11.3 Å². The van der Waals surface area contributed by atoms with Crippen molar-refractivity contribution in [2.45, 2.75) is 6.54 Å². The third-order valence-corrected chi connectivity index (χ3v) is 3.39. The fourth-order valence-electron chi connectivity index (χ4n) is 2.00. The summed E-state index contributed by atoms with van der Waals surface area (Å²) in [7, 11) is 0. The molecule has 0 aliphatic carbocycles. The molecule has 0 bridgehead atoms. The number of carbonyl (C=O) groups is 1. The molecule has 1 amide bonds. The van der Waals surface area contributed by atoms with Crippen LogP contribution in [0.4, 0.5) is 0 Å². The van der Waals surface area contributed by atoms with Gasteiger partial charge in [-0.05, 0) is 0 Å². The standard InChI is InChI=1S/C15H13ClN6O/c16-12-8-17-10-19-14(12)15(23)18-6-7-22-9-13(20-21-22)11-4-2-1-3-5-11/h1-5,8-10H,6-7H2,(H,18,23). The first-order valence-corrected chi connectivity index (χ1v) is 7.31. The molecule has 0 spiro atoms. The van der Waals surface area contributed by atoms with E-state index in [4.69, 9.17) is 11.6 Å². The van der Waals surface area contributed by atoms with Gasteiger partial charge in [-0.2, -0.15) is 0 Å². The van der Waals surface area contributed by atoms with Gasteiger partial charge in [0.2, 0.25) is 0 Å². The summed E-state index contributed by atoms with van der Waals surface area (Å²) in [5, 5.41) is 11.1. The summed E-state index contributed by atoms with van der Waals surface area (Å²) in [4.78, 5) is 19.6. The lowest BCUT2D eigenvalue weighted by molar-refractivity contribution is 0.0947. The SMILES string of the molecule is O=C(NCCn1cc(-c2ccccc2)nn1)c1ncncc1Cl. The first kappa shape index (κ1) is 15.1. The molecule has 2 aromatic heterocycles. The highest BCUT2D eigenvalue weighted by Crippen LogP contribution is 2.14. The van der Waals surface area contributed by atoms with Crippen LogP contribution in [0.15, 0.2) is 49.1 Å². The van der Waals surface area contributed by atoms with E-state index in [-0.39, 0.29) is 16.6 Å². The molecule has 116 valence electrons. The normalized spacial score (nSPS) is 10.5. The number of carbonyl (C=O) groups excluding carboxylic acids is 1. The fraction of sp³-hybridized carbons (Fsp3) is 0.133. The number of amides is 1. The second-order valence-electron chi connectivity index (χ2n) is 4.71. The van der Waals surface area contributed by atoms with Gasteiger partial charge in [-0.3, -0.25) is 9.48 Å². The Balaban J connectivity index is 1.56. The second kappa shape index (κ2) is 6.97. The molecule has 8 heteroatoms. The number of hydrogen-bond acceptors (Lipinski definition) is 5. The Kier molecular flexibility index (Phi) is 4.58. The minimum absolute atomic E-state index is 0.158. The number of aromatic nitrogens is 5. The summed E-state index contributed by atoms with van der Waals surface area (Å²) in [6.45, 7) is 0.880. The Morgan fingerprint density at radius 3 is 2.87 bits per heavy atom. The zero-order valence-corrected chi connectivity index (χ0v) is 12.8. The summed E-state index contributed by atoms with van der Waals surface area (Å²) in [5.41, 5.74) is 1.94. The molecule has 3 aromatic rings. The summed E-state index contributed by atoms with van der Waals surface area (Å²) in [6.07, 6.45) is 4.50. The molecular weight excluding hydrogens is 316 g/mol. The van der Waals surface area contributed by atoms with Crippen molar-refractivity contribution in [3.05, 3.63) is 59.8 Å². The van der Waals surface area contributed by atoms with Crippen LogP contribution in [0.25, 0.3) is 11.3 Å². The van der Waals surface area contributed by atoms with Gasteiger partial charge < -0.3 is 5.32 Å². The van der Waals surface area contributed by atoms with Gasteiger partial charge in [0, 0.05) is 18.3 Å². The average molecular weight is 329 g/mol. The lowest BCUT2D eigenvalue weighted by Gasteiger charge is -2.05. The molecular formula is C15H13ClN6O. The van der Waals surface area contributed by atoms with Gasteiger partial charge in [0.25, 0.3) is 5.91 Å². The van der Waals surface area contributed by atoms with Crippen LogP contribution >= 0.6 is 11.6 Å². The van der Waals surface area contributed by atoms with Crippen molar-refractivity contribution in [3.63, 3.8) is 0 Å². The predicted octanol–water partition coefficient (Wildman–Crippen LogP) is 1.82. The van der Waals surface area contributed by atoms with Crippen LogP contribution in [-0.2, 0) is 6.54 Å². The van der Waals surface area contributed by atoms with Gasteiger partial charge in [-0.15, -0.1) is 5.10 Å². The summed E-state index contributed by atoms with van der Waals surface area (Å²) in [5.74, 6) is -0.346. The Labute approximate surface area is 137 Å². The van der Waals surface area contributed by atoms with Gasteiger partial charge >= 0.3 is 0 Å². The van der Waals surface area contributed by atoms with Crippen molar-refractivity contribution in [1.29, 1.82) is 0 Å². The highest BCUT2D eigenvalue weighted by atomic mass is 35.5. The van der Waals surface area contributed by atoms with E-state index in [1.54, 1.807) is 4.68 Å². The molecule has 0 fully saturated rings. The van der Waals surface area contributed by atoms with Crippen molar-refractivity contribution < 1.29 is 4.79 Å². The number of nitrogens with zero attached hydrogens (tertiary/aromatic N) is 5. The molecule has 0 radical (unpaired) electrons. The van der Waals surface area contributed by atoms with Gasteiger partial charge in [0.05, 0.1) is 17.8 Å². The average Bonchev–Trinajstić information content (AvgIpc) is 3.05. The largest absolute Gasteiger partial charge is 0.349 e. The van der Waals surface area contributed by atoms with Gasteiger partial charge in [-0.25, -0.2) is 9.97 Å². The summed E-state index contributed by atoms with van der Waals surface area (Å²) < 4.78 is 1.67. The van der Waals surface area contributed by atoms with Crippen molar-refractivity contribution in [2.24, 2.45) is 0 Å². The van der Waals surface area contributed by atoms with Crippen molar-refractivity contribution in [1.82, 2.24) is 30.3 Å². The molecule has 1 N–H and O–H groups in total. The monoisotopic (exact) mass is 328 g/mol. The van der Waals surface area contributed by atoms with E-state index in [0.717, 1.165) is 11.3 Å². The maximum absolute atomic E-state index is 12.0. The zero-order valence-electron chi connectivity index (χ0n) is 12.1. The van der Waals surface area contributed by atoms with E-state index in [2.05, 4.69) is 25.6 Å². The first-order chi connectivity index (χ1) is 11.2. The van der Waals surface area contributed by atoms with E-state index < -0.39 is 0 Å². The number of halogens is 1. The number of nitrogens with one attached hydrogen (secondary N) is 1. The Morgan fingerprint density at radius 2 is 2.09 bits per heavy atom. The Bertz CT molecular complexity index is 804. The molecule has 0 saturated carbocycles. The number of hydrogen-bond donors (Lipinski definition) is 1. The quantitative estimate of drug-likeness (QED) is 0.772. The highest BCUT2D eigenvalue weighted by molar-refractivity contribution is 6.33. The molecule has 0 unspecified atom stereocenters. The van der Waals surface area contributed by atoms with Crippen LogP contribution < -0.4 is 5.32 Å². The van der Waals surface area contributed by atoms with E-state index in [9.17, 15) is 4.79 Å². The number of rotatable bonds is 5. The van der Waals surface area contributed by atoms with Crippen molar-refractivity contribution in [2.75, 3.05) is 6.54 Å². The first-order valence-electron chi connectivity index (χ1n) is 6.93. The fourth-order valence-corrected chi connectivity index (χ4v) is 2.19. The van der Waals surface area contributed by atoms with Crippen LogP contribution in [0.2, 0.25) is 5.02 Å². The smallest absolute Gasteiger partial charge is 0.271 e. The highest BCUT2D eigenvalue weighted by Gasteiger charge is 2.11. The summed E-state index contributed by atoms with van der Waals surface area (Å²) in [6, 6.07) is 9.77. The Hall–Kier alpha value is -2.80. The molecule has 2 heterocycles. The van der Waals surface area contributed by atoms with Crippen molar-refractivity contribution >= 4 is 17.5 Å². The van der Waals surface area contributed by atoms with Gasteiger partial charge in [0.15, 0.2) is 0 Å². The van der Waals surface area contributed by atoms with Gasteiger partial charge in [0.1, 0.15) is 17.7 Å². The molecule has 0 saturated heterocycles. The van der Waals surface area contributed by atoms with Gasteiger partial charge in [-0.1, -0.05) is 47.1 Å². The van der Waals surface area contributed by atoms with E-state index in [1.807, 2.05) is 36.5 Å². The predicted molar refractivity (Wildman–Crippen MR) is 84.8 cm³/mol. The lowest BCUT2D eigenvalue weighted by Crippen LogP contribution is -2.28. The maximum atomic E-state index is 12.0. The maximum Gasteiger partial charge on any atom is 0.271 e.